The van der Waals surface area contributed by atoms with E-state index in [0.717, 1.165) is 32.8 Å². The van der Waals surface area contributed by atoms with Gasteiger partial charge in [0.15, 0.2) is 0 Å². The molecule has 2 amide bonds. The van der Waals surface area contributed by atoms with Crippen LogP contribution < -0.4 is 10.6 Å². The van der Waals surface area contributed by atoms with Crippen LogP contribution in [0, 0.1) is 0 Å². The molecular weight excluding hydrogens is 250 g/mol. The molecule has 7 heteroatoms. The zero-order chi connectivity index (χ0) is 14.3. The Morgan fingerprint density at radius 3 is 2.47 bits per heavy atom. The van der Waals surface area contributed by atoms with Crippen LogP contribution in [0.5, 0.6) is 0 Å². The SMILES string of the molecule is CC[C@H](NC(=O)NC(C)CN1CCOCC1)C(=O)O. The first-order valence-electron chi connectivity index (χ1n) is 6.62. The number of hydrogen-bond donors (Lipinski definition) is 3. The lowest BCUT2D eigenvalue weighted by Gasteiger charge is -2.29. The van der Waals surface area contributed by atoms with Crippen molar-refractivity contribution in [1.29, 1.82) is 0 Å². The lowest BCUT2D eigenvalue weighted by molar-refractivity contribution is -0.139. The van der Waals surface area contributed by atoms with Gasteiger partial charge in [-0.3, -0.25) is 4.90 Å². The molecule has 0 aromatic carbocycles. The third-order valence-electron chi connectivity index (χ3n) is 3.02. The lowest BCUT2D eigenvalue weighted by Crippen LogP contribution is -2.51. The quantitative estimate of drug-likeness (QED) is 0.627. The number of ether oxygens (including phenoxy) is 1. The smallest absolute Gasteiger partial charge is 0.326 e. The predicted molar refractivity (Wildman–Crippen MR) is 70.1 cm³/mol. The summed E-state index contributed by atoms with van der Waals surface area (Å²) >= 11 is 0. The van der Waals surface area contributed by atoms with Gasteiger partial charge in [-0.2, -0.15) is 0 Å². The summed E-state index contributed by atoms with van der Waals surface area (Å²) in [5.41, 5.74) is 0. The Morgan fingerprint density at radius 2 is 1.95 bits per heavy atom. The molecule has 0 saturated carbocycles. The van der Waals surface area contributed by atoms with Crippen molar-refractivity contribution in [3.8, 4) is 0 Å². The van der Waals surface area contributed by atoms with Gasteiger partial charge in [0.1, 0.15) is 6.04 Å². The molecule has 0 aliphatic carbocycles. The number of nitrogens with zero attached hydrogens (tertiary/aromatic N) is 1. The number of carbonyl (C=O) groups is 2. The third kappa shape index (κ3) is 5.89. The molecule has 7 nitrogen and oxygen atoms in total. The fourth-order valence-corrected chi connectivity index (χ4v) is 1.98. The van der Waals surface area contributed by atoms with Crippen molar-refractivity contribution in [2.75, 3.05) is 32.8 Å². The van der Waals surface area contributed by atoms with Crippen LogP contribution in [0.25, 0.3) is 0 Å². The van der Waals surface area contributed by atoms with Gasteiger partial charge in [0, 0.05) is 25.7 Å². The predicted octanol–water partition coefficient (Wildman–Crippen LogP) is -0.130. The van der Waals surface area contributed by atoms with E-state index < -0.39 is 18.0 Å². The molecule has 0 bridgehead atoms. The topological polar surface area (TPSA) is 90.9 Å². The Morgan fingerprint density at radius 1 is 1.32 bits per heavy atom. The van der Waals surface area contributed by atoms with Crippen molar-refractivity contribution >= 4 is 12.0 Å². The molecule has 1 saturated heterocycles. The van der Waals surface area contributed by atoms with Gasteiger partial charge in [-0.15, -0.1) is 0 Å². The van der Waals surface area contributed by atoms with E-state index in [9.17, 15) is 9.59 Å². The Labute approximate surface area is 113 Å². The summed E-state index contributed by atoms with van der Waals surface area (Å²) in [6.45, 7) is 7.51. The number of carbonyl (C=O) groups excluding carboxylic acids is 1. The number of amides is 2. The highest BCUT2D eigenvalue weighted by molar-refractivity contribution is 5.82. The maximum atomic E-state index is 11.6. The zero-order valence-corrected chi connectivity index (χ0v) is 11.5. The standard InChI is InChI=1S/C12H23N3O4/c1-3-10(11(16)17)14-12(18)13-9(2)8-15-4-6-19-7-5-15/h9-10H,3-8H2,1-2H3,(H,16,17)(H2,13,14,18)/t9?,10-/m0/s1. The van der Waals surface area contributed by atoms with Crippen molar-refractivity contribution in [2.24, 2.45) is 0 Å². The second kappa shape index (κ2) is 7.96. The second-order valence-electron chi connectivity index (χ2n) is 4.73. The van der Waals surface area contributed by atoms with Crippen LogP contribution in [0.4, 0.5) is 4.79 Å². The molecule has 1 aliphatic heterocycles. The Balaban J connectivity index is 2.28. The average molecular weight is 273 g/mol. The number of carboxylic acid groups (broad SMARTS) is 1. The summed E-state index contributed by atoms with van der Waals surface area (Å²) in [5, 5.41) is 14.0. The summed E-state index contributed by atoms with van der Waals surface area (Å²) in [6, 6.07) is -1.31. The molecule has 0 aromatic rings. The first-order chi connectivity index (χ1) is 9.02. The highest BCUT2D eigenvalue weighted by Crippen LogP contribution is 1.98. The van der Waals surface area contributed by atoms with E-state index in [1.54, 1.807) is 6.92 Å². The van der Waals surface area contributed by atoms with E-state index in [-0.39, 0.29) is 6.04 Å². The van der Waals surface area contributed by atoms with Crippen molar-refractivity contribution in [1.82, 2.24) is 15.5 Å². The van der Waals surface area contributed by atoms with Crippen molar-refractivity contribution in [3.63, 3.8) is 0 Å². The average Bonchev–Trinajstić information content (AvgIpc) is 2.36. The van der Waals surface area contributed by atoms with Gasteiger partial charge in [-0.1, -0.05) is 6.92 Å². The third-order valence-corrected chi connectivity index (χ3v) is 3.02. The van der Waals surface area contributed by atoms with Gasteiger partial charge < -0.3 is 20.5 Å². The van der Waals surface area contributed by atoms with Gasteiger partial charge in [0.25, 0.3) is 0 Å². The van der Waals surface area contributed by atoms with E-state index >= 15 is 0 Å². The van der Waals surface area contributed by atoms with Crippen LogP contribution in [-0.2, 0) is 9.53 Å². The molecule has 3 N–H and O–H groups in total. The van der Waals surface area contributed by atoms with Crippen LogP contribution in [0.1, 0.15) is 20.3 Å². The van der Waals surface area contributed by atoms with E-state index in [1.807, 2.05) is 6.92 Å². The molecule has 1 unspecified atom stereocenters. The fourth-order valence-electron chi connectivity index (χ4n) is 1.98. The van der Waals surface area contributed by atoms with Crippen LogP contribution in [-0.4, -0.2) is 66.9 Å². The van der Waals surface area contributed by atoms with Gasteiger partial charge in [0.2, 0.25) is 0 Å². The minimum atomic E-state index is -1.02. The molecule has 0 aromatic heterocycles. The summed E-state index contributed by atoms with van der Waals surface area (Å²) < 4.78 is 5.25. The van der Waals surface area contributed by atoms with Gasteiger partial charge in [0.05, 0.1) is 13.2 Å². The van der Waals surface area contributed by atoms with E-state index in [0.29, 0.717) is 6.42 Å². The fraction of sp³-hybridized carbons (Fsp3) is 0.833. The maximum Gasteiger partial charge on any atom is 0.326 e. The second-order valence-corrected chi connectivity index (χ2v) is 4.73. The van der Waals surface area contributed by atoms with Gasteiger partial charge in [-0.05, 0) is 13.3 Å². The number of rotatable bonds is 6. The summed E-state index contributed by atoms with van der Waals surface area (Å²) in [4.78, 5) is 24.7. The molecule has 1 fully saturated rings. The molecule has 19 heavy (non-hydrogen) atoms. The number of carboxylic acids is 1. The zero-order valence-electron chi connectivity index (χ0n) is 11.5. The first-order valence-corrected chi connectivity index (χ1v) is 6.62. The minimum Gasteiger partial charge on any atom is -0.480 e. The highest BCUT2D eigenvalue weighted by Gasteiger charge is 2.19. The normalized spacial score (nSPS) is 19.5. The van der Waals surface area contributed by atoms with Crippen LogP contribution in [0.15, 0.2) is 0 Å². The molecule has 2 atom stereocenters. The molecule has 0 radical (unpaired) electrons. The van der Waals surface area contributed by atoms with Crippen LogP contribution in [0.3, 0.4) is 0 Å². The van der Waals surface area contributed by atoms with E-state index in [4.69, 9.17) is 9.84 Å². The molecule has 0 spiro atoms. The molecule has 1 aliphatic rings. The Bertz CT molecular complexity index is 305. The highest BCUT2D eigenvalue weighted by atomic mass is 16.5. The van der Waals surface area contributed by atoms with E-state index in [1.165, 1.54) is 0 Å². The van der Waals surface area contributed by atoms with Crippen LogP contribution >= 0.6 is 0 Å². The number of urea groups is 1. The molecular formula is C12H23N3O4. The van der Waals surface area contributed by atoms with Crippen molar-refractivity contribution < 1.29 is 19.4 Å². The summed E-state index contributed by atoms with van der Waals surface area (Å²) in [7, 11) is 0. The Kier molecular flexibility index (Phi) is 6.58. The first kappa shape index (κ1) is 15.7. The number of hydrogen-bond acceptors (Lipinski definition) is 4. The summed E-state index contributed by atoms with van der Waals surface area (Å²) in [5.74, 6) is -1.02. The minimum absolute atomic E-state index is 0.0376. The van der Waals surface area contributed by atoms with Crippen molar-refractivity contribution in [2.45, 2.75) is 32.4 Å². The van der Waals surface area contributed by atoms with E-state index in [2.05, 4.69) is 15.5 Å². The monoisotopic (exact) mass is 273 g/mol. The molecule has 110 valence electrons. The summed E-state index contributed by atoms with van der Waals surface area (Å²) in [6.07, 6.45) is 0.362. The number of nitrogens with one attached hydrogen (secondary N) is 2. The van der Waals surface area contributed by atoms with Gasteiger partial charge >= 0.3 is 12.0 Å². The van der Waals surface area contributed by atoms with Gasteiger partial charge in [-0.25, -0.2) is 9.59 Å². The molecule has 1 heterocycles. The van der Waals surface area contributed by atoms with Crippen LogP contribution in [0.2, 0.25) is 0 Å². The largest absolute Gasteiger partial charge is 0.480 e. The molecule has 1 rings (SSSR count). The van der Waals surface area contributed by atoms with Crippen molar-refractivity contribution in [3.05, 3.63) is 0 Å². The Hall–Kier alpha value is -1.34. The number of aliphatic carboxylic acids is 1. The number of morpholine rings is 1. The lowest BCUT2D eigenvalue weighted by atomic mass is 10.2. The maximum absolute atomic E-state index is 11.6.